The van der Waals surface area contributed by atoms with Crippen molar-refractivity contribution in [2.75, 3.05) is 11.9 Å². The van der Waals surface area contributed by atoms with Crippen molar-refractivity contribution in [2.45, 2.75) is 6.42 Å². The average Bonchev–Trinajstić information content (AvgIpc) is 2.91. The van der Waals surface area contributed by atoms with Crippen LogP contribution in [0.2, 0.25) is 0 Å². The number of rotatable bonds is 6. The molecule has 0 aliphatic carbocycles. The first-order valence-electron chi connectivity index (χ1n) is 5.70. The molecular weight excluding hydrogens is 282 g/mol. The summed E-state index contributed by atoms with van der Waals surface area (Å²) in [4.78, 5) is 25.3. The predicted molar refractivity (Wildman–Crippen MR) is 74.4 cm³/mol. The van der Waals surface area contributed by atoms with Gasteiger partial charge in [-0.2, -0.15) is 0 Å². The number of benzene rings is 1. The largest absolute Gasteiger partial charge is 0.478 e. The number of aromatic nitrogens is 1. The summed E-state index contributed by atoms with van der Waals surface area (Å²) in [6.07, 6.45) is 0.616. The molecular formula is C12H11N3O4S. The zero-order valence-electron chi connectivity index (χ0n) is 10.3. The minimum absolute atomic E-state index is 0.00822. The number of nitro benzene ring substituents is 1. The molecule has 0 unspecified atom stereocenters. The number of aromatic carboxylic acids is 1. The molecule has 20 heavy (non-hydrogen) atoms. The standard InChI is InChI=1S/C12H11N3O4S/c16-12(17)10-2-1-9(15(18)19)5-11(10)13-4-3-8-6-20-7-14-8/h1-2,5-7,13H,3-4H2,(H,16,17). The van der Waals surface area contributed by atoms with Crippen LogP contribution in [0.15, 0.2) is 29.1 Å². The Hall–Kier alpha value is -2.48. The lowest BCUT2D eigenvalue weighted by molar-refractivity contribution is -0.384. The Morgan fingerprint density at radius 1 is 1.50 bits per heavy atom. The number of hydrogen-bond acceptors (Lipinski definition) is 6. The molecule has 0 aliphatic heterocycles. The molecule has 0 amide bonds. The fraction of sp³-hybridized carbons (Fsp3) is 0.167. The summed E-state index contributed by atoms with van der Waals surface area (Å²) in [6.45, 7) is 0.450. The van der Waals surface area contributed by atoms with E-state index in [2.05, 4.69) is 10.3 Å². The minimum Gasteiger partial charge on any atom is -0.478 e. The lowest BCUT2D eigenvalue weighted by Gasteiger charge is -2.08. The maximum absolute atomic E-state index is 11.1. The molecule has 0 radical (unpaired) electrons. The van der Waals surface area contributed by atoms with Gasteiger partial charge in [0.25, 0.3) is 5.69 Å². The van der Waals surface area contributed by atoms with E-state index in [9.17, 15) is 14.9 Å². The summed E-state index contributed by atoms with van der Waals surface area (Å²) in [7, 11) is 0. The molecule has 0 spiro atoms. The maximum Gasteiger partial charge on any atom is 0.337 e. The number of nitro groups is 1. The molecule has 8 heteroatoms. The minimum atomic E-state index is -1.13. The molecule has 7 nitrogen and oxygen atoms in total. The summed E-state index contributed by atoms with van der Waals surface area (Å²) >= 11 is 1.48. The lowest BCUT2D eigenvalue weighted by atomic mass is 10.1. The third-order valence-electron chi connectivity index (χ3n) is 2.62. The van der Waals surface area contributed by atoms with Crippen LogP contribution in [0.1, 0.15) is 16.1 Å². The van der Waals surface area contributed by atoms with Crippen LogP contribution in [-0.4, -0.2) is 27.5 Å². The molecule has 0 atom stereocenters. The summed E-state index contributed by atoms with van der Waals surface area (Å²) < 4.78 is 0. The molecule has 1 heterocycles. The number of non-ortho nitro benzene ring substituents is 1. The van der Waals surface area contributed by atoms with Crippen LogP contribution in [0.3, 0.4) is 0 Å². The normalized spacial score (nSPS) is 10.2. The van der Waals surface area contributed by atoms with E-state index in [4.69, 9.17) is 5.11 Å². The topological polar surface area (TPSA) is 105 Å². The van der Waals surface area contributed by atoms with E-state index >= 15 is 0 Å². The van der Waals surface area contributed by atoms with Crippen molar-refractivity contribution < 1.29 is 14.8 Å². The van der Waals surface area contributed by atoms with Crippen molar-refractivity contribution in [1.82, 2.24) is 4.98 Å². The fourth-order valence-electron chi connectivity index (χ4n) is 1.66. The number of anilines is 1. The Morgan fingerprint density at radius 3 is 2.90 bits per heavy atom. The SMILES string of the molecule is O=C(O)c1ccc([N+](=O)[O-])cc1NCCc1cscn1. The Bertz CT molecular complexity index is 628. The third kappa shape index (κ3) is 3.29. The van der Waals surface area contributed by atoms with Crippen LogP contribution in [-0.2, 0) is 6.42 Å². The van der Waals surface area contributed by atoms with Crippen molar-refractivity contribution in [1.29, 1.82) is 0 Å². The first-order chi connectivity index (χ1) is 9.58. The van der Waals surface area contributed by atoms with Gasteiger partial charge in [-0.15, -0.1) is 11.3 Å². The molecule has 2 N–H and O–H groups in total. The van der Waals surface area contributed by atoms with Crippen LogP contribution in [0.4, 0.5) is 11.4 Å². The highest BCUT2D eigenvalue weighted by atomic mass is 32.1. The van der Waals surface area contributed by atoms with E-state index in [0.717, 1.165) is 5.69 Å². The lowest BCUT2D eigenvalue weighted by Crippen LogP contribution is -2.10. The van der Waals surface area contributed by atoms with Gasteiger partial charge < -0.3 is 10.4 Å². The van der Waals surface area contributed by atoms with Crippen molar-refractivity contribution >= 4 is 28.7 Å². The highest BCUT2D eigenvalue weighted by molar-refractivity contribution is 7.07. The Kier molecular flexibility index (Phi) is 4.26. The number of nitrogens with one attached hydrogen (secondary N) is 1. The van der Waals surface area contributed by atoms with E-state index in [1.807, 2.05) is 5.38 Å². The Balaban J connectivity index is 2.13. The summed E-state index contributed by atoms with van der Waals surface area (Å²) in [5, 5.41) is 24.6. The van der Waals surface area contributed by atoms with Gasteiger partial charge in [-0.1, -0.05) is 0 Å². The maximum atomic E-state index is 11.1. The van der Waals surface area contributed by atoms with Gasteiger partial charge in [-0.3, -0.25) is 10.1 Å². The first kappa shape index (κ1) is 13.9. The second kappa shape index (κ2) is 6.11. The zero-order valence-corrected chi connectivity index (χ0v) is 11.1. The van der Waals surface area contributed by atoms with Gasteiger partial charge in [-0.05, 0) is 6.07 Å². The number of carboxylic acid groups (broad SMARTS) is 1. The van der Waals surface area contributed by atoms with Crippen molar-refractivity contribution in [3.63, 3.8) is 0 Å². The number of thiazole rings is 1. The van der Waals surface area contributed by atoms with Gasteiger partial charge in [0.2, 0.25) is 0 Å². The zero-order chi connectivity index (χ0) is 14.5. The van der Waals surface area contributed by atoms with Gasteiger partial charge in [0.05, 0.1) is 27.4 Å². The molecule has 0 bridgehead atoms. The molecule has 2 aromatic rings. The second-order valence-electron chi connectivity index (χ2n) is 3.95. The van der Waals surface area contributed by atoms with Crippen LogP contribution in [0, 0.1) is 10.1 Å². The van der Waals surface area contributed by atoms with Crippen LogP contribution in [0.25, 0.3) is 0 Å². The quantitative estimate of drug-likeness (QED) is 0.626. The average molecular weight is 293 g/mol. The molecule has 0 saturated carbocycles. The smallest absolute Gasteiger partial charge is 0.337 e. The highest BCUT2D eigenvalue weighted by Gasteiger charge is 2.15. The van der Waals surface area contributed by atoms with E-state index < -0.39 is 10.9 Å². The summed E-state index contributed by atoms with van der Waals surface area (Å²) in [5.41, 5.74) is 2.71. The molecule has 1 aromatic heterocycles. The highest BCUT2D eigenvalue weighted by Crippen LogP contribution is 2.22. The van der Waals surface area contributed by atoms with Crippen molar-refractivity contribution in [3.05, 3.63) is 50.5 Å². The van der Waals surface area contributed by atoms with Gasteiger partial charge >= 0.3 is 5.97 Å². The third-order valence-corrected chi connectivity index (χ3v) is 3.26. The van der Waals surface area contributed by atoms with Crippen LogP contribution in [0.5, 0.6) is 0 Å². The molecule has 104 valence electrons. The van der Waals surface area contributed by atoms with Gasteiger partial charge in [0.1, 0.15) is 0 Å². The number of carboxylic acids is 1. The van der Waals surface area contributed by atoms with Crippen molar-refractivity contribution in [3.8, 4) is 0 Å². The molecule has 2 rings (SSSR count). The summed E-state index contributed by atoms with van der Waals surface area (Å²) in [5.74, 6) is -1.13. The Labute approximate surface area is 118 Å². The fourth-order valence-corrected chi connectivity index (χ4v) is 2.26. The second-order valence-corrected chi connectivity index (χ2v) is 4.67. The molecule has 0 saturated heterocycles. The monoisotopic (exact) mass is 293 g/mol. The molecule has 0 fully saturated rings. The molecule has 1 aromatic carbocycles. The first-order valence-corrected chi connectivity index (χ1v) is 6.65. The van der Waals surface area contributed by atoms with Crippen LogP contribution >= 0.6 is 11.3 Å². The van der Waals surface area contributed by atoms with E-state index in [0.29, 0.717) is 13.0 Å². The number of nitrogens with zero attached hydrogens (tertiary/aromatic N) is 2. The van der Waals surface area contributed by atoms with E-state index in [1.165, 1.54) is 29.5 Å². The van der Waals surface area contributed by atoms with E-state index in [1.54, 1.807) is 5.51 Å². The van der Waals surface area contributed by atoms with Gasteiger partial charge in [0.15, 0.2) is 0 Å². The molecule has 0 aliphatic rings. The van der Waals surface area contributed by atoms with Gasteiger partial charge in [0, 0.05) is 30.5 Å². The number of hydrogen-bond donors (Lipinski definition) is 2. The van der Waals surface area contributed by atoms with Gasteiger partial charge in [-0.25, -0.2) is 9.78 Å². The number of carbonyl (C=O) groups is 1. The van der Waals surface area contributed by atoms with E-state index in [-0.39, 0.29) is 16.9 Å². The summed E-state index contributed by atoms with van der Waals surface area (Å²) in [6, 6.07) is 3.63. The predicted octanol–water partition coefficient (Wildman–Crippen LogP) is 2.40. The van der Waals surface area contributed by atoms with Crippen LogP contribution < -0.4 is 5.32 Å². The Morgan fingerprint density at radius 2 is 2.30 bits per heavy atom. The van der Waals surface area contributed by atoms with Crippen molar-refractivity contribution in [2.24, 2.45) is 0 Å².